The molecular weight excluding hydrogens is 318 g/mol. The lowest BCUT2D eigenvalue weighted by Crippen LogP contribution is -2.46. The lowest BCUT2D eigenvalue weighted by atomic mass is 9.87. The van der Waals surface area contributed by atoms with Crippen LogP contribution in [0.4, 0.5) is 10.5 Å². The van der Waals surface area contributed by atoms with Crippen LogP contribution in [-0.4, -0.2) is 41.7 Å². The van der Waals surface area contributed by atoms with E-state index in [2.05, 4.69) is 5.32 Å². The van der Waals surface area contributed by atoms with Crippen molar-refractivity contribution in [3.63, 3.8) is 0 Å². The van der Waals surface area contributed by atoms with Gasteiger partial charge in [0, 0.05) is 36.9 Å². The summed E-state index contributed by atoms with van der Waals surface area (Å²) in [5, 5.41) is 2.95. The molecule has 1 aliphatic rings. The summed E-state index contributed by atoms with van der Waals surface area (Å²) in [4.78, 5) is 26.1. The highest BCUT2D eigenvalue weighted by atomic mass is 16.5. The summed E-state index contributed by atoms with van der Waals surface area (Å²) in [5.41, 5.74) is 1.74. The molecule has 1 saturated heterocycles. The van der Waals surface area contributed by atoms with Crippen LogP contribution in [-0.2, 0) is 9.53 Å². The maximum atomic E-state index is 12.5. The van der Waals surface area contributed by atoms with Crippen LogP contribution in [0.25, 0.3) is 5.69 Å². The number of aromatic nitrogens is 1. The highest BCUT2D eigenvalue weighted by Gasteiger charge is 2.33. The Bertz CT molecular complexity index is 742. The number of nitrogens with one attached hydrogen (secondary N) is 1. The molecule has 0 spiro atoms. The molecule has 3 rings (SSSR count). The van der Waals surface area contributed by atoms with Crippen molar-refractivity contribution in [2.24, 2.45) is 11.8 Å². The Hall–Kier alpha value is -2.76. The van der Waals surface area contributed by atoms with E-state index in [1.54, 1.807) is 4.90 Å². The highest BCUT2D eigenvalue weighted by Crippen LogP contribution is 2.25. The number of hydrogen-bond donors (Lipinski definition) is 1. The molecule has 1 fully saturated rings. The van der Waals surface area contributed by atoms with Crippen molar-refractivity contribution in [1.29, 1.82) is 0 Å². The molecule has 6 heteroatoms. The standard InChI is InChI=1S/C19H23N3O3/c1-14-13-22(11-8-17(14)18(23)25-2)19(24)20-15-6-5-7-16(12-15)21-9-3-4-10-21/h3-7,9-10,12,14,17H,8,11,13H2,1-2H3,(H,20,24). The van der Waals surface area contributed by atoms with Crippen molar-refractivity contribution in [2.45, 2.75) is 13.3 Å². The first-order valence-corrected chi connectivity index (χ1v) is 8.45. The van der Waals surface area contributed by atoms with E-state index in [0.29, 0.717) is 19.5 Å². The van der Waals surface area contributed by atoms with Gasteiger partial charge in [-0.05, 0) is 42.7 Å². The van der Waals surface area contributed by atoms with Gasteiger partial charge < -0.3 is 19.5 Å². The number of methoxy groups -OCH3 is 1. The third-order valence-electron chi connectivity index (χ3n) is 4.70. The molecule has 2 heterocycles. The Morgan fingerprint density at radius 1 is 1.20 bits per heavy atom. The van der Waals surface area contributed by atoms with Gasteiger partial charge in [-0.1, -0.05) is 13.0 Å². The molecule has 1 aromatic heterocycles. The Labute approximate surface area is 147 Å². The fourth-order valence-electron chi connectivity index (χ4n) is 3.29. The average molecular weight is 341 g/mol. The minimum Gasteiger partial charge on any atom is -0.469 e. The van der Waals surface area contributed by atoms with Gasteiger partial charge in [-0.25, -0.2) is 4.79 Å². The van der Waals surface area contributed by atoms with Crippen molar-refractivity contribution in [1.82, 2.24) is 9.47 Å². The fraction of sp³-hybridized carbons (Fsp3) is 0.368. The predicted octanol–water partition coefficient (Wildman–Crippen LogP) is 3.14. The molecule has 0 bridgehead atoms. The van der Waals surface area contributed by atoms with Crippen LogP contribution in [0.5, 0.6) is 0 Å². The summed E-state index contributed by atoms with van der Waals surface area (Å²) in [6.45, 7) is 3.07. The SMILES string of the molecule is COC(=O)C1CCN(C(=O)Nc2cccc(-n3cccc3)c2)CC1C. The summed E-state index contributed by atoms with van der Waals surface area (Å²) in [6.07, 6.45) is 4.55. The summed E-state index contributed by atoms with van der Waals surface area (Å²) in [6, 6.07) is 11.5. The number of benzene rings is 1. The molecule has 132 valence electrons. The van der Waals surface area contributed by atoms with Crippen molar-refractivity contribution in [2.75, 3.05) is 25.5 Å². The first-order chi connectivity index (χ1) is 12.1. The molecule has 6 nitrogen and oxygen atoms in total. The van der Waals surface area contributed by atoms with E-state index in [1.165, 1.54) is 7.11 Å². The van der Waals surface area contributed by atoms with Gasteiger partial charge in [0.25, 0.3) is 0 Å². The summed E-state index contributed by atoms with van der Waals surface area (Å²) in [7, 11) is 1.41. The fourth-order valence-corrected chi connectivity index (χ4v) is 3.29. The molecule has 1 aromatic carbocycles. The Morgan fingerprint density at radius 2 is 1.96 bits per heavy atom. The maximum absolute atomic E-state index is 12.5. The number of nitrogens with zero attached hydrogens (tertiary/aromatic N) is 2. The van der Waals surface area contributed by atoms with Crippen molar-refractivity contribution < 1.29 is 14.3 Å². The Balaban J connectivity index is 1.63. The maximum Gasteiger partial charge on any atom is 0.321 e. The van der Waals surface area contributed by atoms with Crippen molar-refractivity contribution in [3.05, 3.63) is 48.8 Å². The van der Waals surface area contributed by atoms with Gasteiger partial charge in [0.1, 0.15) is 0 Å². The number of urea groups is 1. The highest BCUT2D eigenvalue weighted by molar-refractivity contribution is 5.90. The molecule has 2 aromatic rings. The van der Waals surface area contributed by atoms with Crippen LogP contribution in [0.1, 0.15) is 13.3 Å². The number of rotatable bonds is 3. The molecule has 1 N–H and O–H groups in total. The lowest BCUT2D eigenvalue weighted by Gasteiger charge is -2.35. The zero-order valence-corrected chi connectivity index (χ0v) is 14.5. The van der Waals surface area contributed by atoms with Crippen molar-refractivity contribution >= 4 is 17.7 Å². The van der Waals surface area contributed by atoms with Gasteiger partial charge >= 0.3 is 12.0 Å². The van der Waals surface area contributed by atoms with E-state index in [1.807, 2.05) is 60.3 Å². The van der Waals surface area contributed by atoms with Crippen LogP contribution in [0.3, 0.4) is 0 Å². The number of hydrogen-bond acceptors (Lipinski definition) is 3. The molecule has 1 aliphatic heterocycles. The molecular formula is C19H23N3O3. The number of carbonyl (C=O) groups is 2. The van der Waals surface area contributed by atoms with Gasteiger partial charge in [0.05, 0.1) is 13.0 Å². The zero-order valence-electron chi connectivity index (χ0n) is 14.5. The van der Waals surface area contributed by atoms with Crippen LogP contribution < -0.4 is 5.32 Å². The molecule has 25 heavy (non-hydrogen) atoms. The van der Waals surface area contributed by atoms with E-state index in [-0.39, 0.29) is 23.8 Å². The van der Waals surface area contributed by atoms with E-state index in [0.717, 1.165) is 11.4 Å². The van der Waals surface area contributed by atoms with Crippen molar-refractivity contribution in [3.8, 4) is 5.69 Å². The van der Waals surface area contributed by atoms with E-state index in [4.69, 9.17) is 4.74 Å². The minimum atomic E-state index is -0.188. The number of carbonyl (C=O) groups excluding carboxylic acids is 2. The van der Waals surface area contributed by atoms with Gasteiger partial charge in [0.15, 0.2) is 0 Å². The third-order valence-corrected chi connectivity index (χ3v) is 4.70. The molecule has 0 radical (unpaired) electrons. The van der Waals surface area contributed by atoms with Crippen LogP contribution in [0.2, 0.25) is 0 Å². The number of amides is 2. The van der Waals surface area contributed by atoms with Gasteiger partial charge in [-0.15, -0.1) is 0 Å². The number of piperidine rings is 1. The summed E-state index contributed by atoms with van der Waals surface area (Å²) < 4.78 is 6.83. The van der Waals surface area contributed by atoms with Gasteiger partial charge in [0.2, 0.25) is 0 Å². The molecule has 0 saturated carbocycles. The number of anilines is 1. The molecule has 2 amide bonds. The number of ether oxygens (including phenoxy) is 1. The summed E-state index contributed by atoms with van der Waals surface area (Å²) in [5.74, 6) is -0.240. The monoisotopic (exact) mass is 341 g/mol. The predicted molar refractivity (Wildman–Crippen MR) is 95.6 cm³/mol. The number of esters is 1. The quantitative estimate of drug-likeness (QED) is 0.873. The second-order valence-corrected chi connectivity index (χ2v) is 6.41. The Kier molecular flexibility index (Phi) is 5.07. The lowest BCUT2D eigenvalue weighted by molar-refractivity contribution is -0.148. The number of likely N-dealkylation sites (tertiary alicyclic amines) is 1. The topological polar surface area (TPSA) is 63.6 Å². The Morgan fingerprint density at radius 3 is 2.64 bits per heavy atom. The van der Waals surface area contributed by atoms with E-state index >= 15 is 0 Å². The molecule has 2 atom stereocenters. The normalized spacial score (nSPS) is 20.2. The van der Waals surface area contributed by atoms with Crippen LogP contribution in [0.15, 0.2) is 48.8 Å². The molecule has 2 unspecified atom stereocenters. The average Bonchev–Trinajstić information content (AvgIpc) is 3.16. The van der Waals surface area contributed by atoms with Gasteiger partial charge in [-0.2, -0.15) is 0 Å². The summed E-state index contributed by atoms with van der Waals surface area (Å²) >= 11 is 0. The zero-order chi connectivity index (χ0) is 17.8. The first-order valence-electron chi connectivity index (χ1n) is 8.45. The largest absolute Gasteiger partial charge is 0.469 e. The van der Waals surface area contributed by atoms with E-state index < -0.39 is 0 Å². The first kappa shape index (κ1) is 17.1. The second-order valence-electron chi connectivity index (χ2n) is 6.41. The minimum absolute atomic E-state index is 0.0816. The third kappa shape index (κ3) is 3.84. The second kappa shape index (κ2) is 7.42. The molecule has 0 aliphatic carbocycles. The smallest absolute Gasteiger partial charge is 0.321 e. The van der Waals surface area contributed by atoms with Gasteiger partial charge in [-0.3, -0.25) is 4.79 Å². The van der Waals surface area contributed by atoms with Crippen LogP contribution in [0, 0.1) is 11.8 Å². The van der Waals surface area contributed by atoms with E-state index in [9.17, 15) is 9.59 Å². The van der Waals surface area contributed by atoms with Crippen LogP contribution >= 0.6 is 0 Å².